The van der Waals surface area contributed by atoms with Crippen molar-refractivity contribution in [1.82, 2.24) is 19.6 Å². The Kier molecular flexibility index (Phi) is 5.48. The lowest BCUT2D eigenvalue weighted by molar-refractivity contribution is -0.140. The van der Waals surface area contributed by atoms with E-state index in [0.29, 0.717) is 34.7 Å². The Morgan fingerprint density at radius 2 is 1.74 bits per heavy atom. The fourth-order valence-electron chi connectivity index (χ4n) is 3.68. The molecule has 0 unspecified atom stereocenters. The molecule has 1 N–H and O–H groups in total. The van der Waals surface area contributed by atoms with E-state index in [9.17, 15) is 22.4 Å². The van der Waals surface area contributed by atoms with Gasteiger partial charge < -0.3 is 5.32 Å². The number of hydrogen-bond acceptors (Lipinski definition) is 4. The summed E-state index contributed by atoms with van der Waals surface area (Å²) in [5.74, 6) is -2.24. The molecule has 174 valence electrons. The molecule has 35 heavy (non-hydrogen) atoms. The molecule has 0 aliphatic rings. The van der Waals surface area contributed by atoms with Gasteiger partial charge in [0.2, 0.25) is 0 Å². The third-order valence-corrected chi connectivity index (χ3v) is 5.32. The van der Waals surface area contributed by atoms with Gasteiger partial charge in [0.1, 0.15) is 5.82 Å². The molecular formula is C25H15F4N5O. The molecule has 0 saturated carbocycles. The number of anilines is 1. The highest BCUT2D eigenvalue weighted by atomic mass is 19.4. The normalized spacial score (nSPS) is 11.5. The number of rotatable bonds is 4. The van der Waals surface area contributed by atoms with Crippen molar-refractivity contribution in [2.24, 2.45) is 0 Å². The van der Waals surface area contributed by atoms with Crippen LogP contribution in [-0.2, 0) is 6.18 Å². The van der Waals surface area contributed by atoms with Crippen molar-refractivity contribution in [3.63, 3.8) is 0 Å². The lowest BCUT2D eigenvalue weighted by atomic mass is 10.1. The summed E-state index contributed by atoms with van der Waals surface area (Å²) >= 11 is 0. The second kappa shape index (κ2) is 8.64. The molecule has 5 aromatic rings. The van der Waals surface area contributed by atoms with E-state index < -0.39 is 23.5 Å². The van der Waals surface area contributed by atoms with Gasteiger partial charge >= 0.3 is 6.18 Å². The smallest absolute Gasteiger partial charge is 0.322 e. The topological polar surface area (TPSA) is 72.2 Å². The van der Waals surface area contributed by atoms with E-state index in [1.54, 1.807) is 59.6 Å². The molecule has 0 atom stereocenters. The van der Waals surface area contributed by atoms with E-state index in [2.05, 4.69) is 20.4 Å². The molecule has 0 radical (unpaired) electrons. The summed E-state index contributed by atoms with van der Waals surface area (Å²) in [6.45, 7) is 0. The third kappa shape index (κ3) is 4.33. The molecule has 0 bridgehead atoms. The fourth-order valence-corrected chi connectivity index (χ4v) is 3.68. The van der Waals surface area contributed by atoms with Crippen molar-refractivity contribution in [3.8, 4) is 22.4 Å². The summed E-state index contributed by atoms with van der Waals surface area (Å²) in [6, 6.07) is 14.3. The highest BCUT2D eigenvalue weighted by Gasteiger charge is 2.34. The van der Waals surface area contributed by atoms with Gasteiger partial charge in [0, 0.05) is 46.5 Å². The minimum Gasteiger partial charge on any atom is -0.322 e. The first-order valence-corrected chi connectivity index (χ1v) is 10.3. The zero-order valence-corrected chi connectivity index (χ0v) is 17.8. The average Bonchev–Trinajstić information content (AvgIpc) is 3.28. The quantitative estimate of drug-likeness (QED) is 0.329. The van der Waals surface area contributed by atoms with E-state index in [-0.39, 0.29) is 5.56 Å². The number of carbonyl (C=O) groups is 1. The number of aromatic nitrogens is 4. The van der Waals surface area contributed by atoms with Crippen molar-refractivity contribution in [3.05, 3.63) is 102 Å². The van der Waals surface area contributed by atoms with Crippen LogP contribution in [0.2, 0.25) is 0 Å². The number of carbonyl (C=O) groups excluding carboxylic acids is 1. The van der Waals surface area contributed by atoms with Gasteiger partial charge in [0.25, 0.3) is 5.91 Å². The van der Waals surface area contributed by atoms with Crippen molar-refractivity contribution < 1.29 is 22.4 Å². The van der Waals surface area contributed by atoms with Gasteiger partial charge in [-0.05, 0) is 42.5 Å². The lowest BCUT2D eigenvalue weighted by Gasteiger charge is -2.11. The summed E-state index contributed by atoms with van der Waals surface area (Å²) in [4.78, 5) is 21.1. The number of alkyl halides is 3. The summed E-state index contributed by atoms with van der Waals surface area (Å²) in [5.41, 5.74) is 2.15. The predicted octanol–water partition coefficient (Wildman–Crippen LogP) is 5.87. The van der Waals surface area contributed by atoms with Crippen LogP contribution >= 0.6 is 0 Å². The molecule has 5 rings (SSSR count). The van der Waals surface area contributed by atoms with Crippen molar-refractivity contribution in [2.45, 2.75) is 6.18 Å². The molecule has 6 nitrogen and oxygen atoms in total. The van der Waals surface area contributed by atoms with E-state index in [0.717, 1.165) is 17.2 Å². The number of benzene rings is 2. The number of nitrogens with one attached hydrogen (secondary N) is 1. The van der Waals surface area contributed by atoms with Crippen LogP contribution in [0.3, 0.4) is 0 Å². The number of amides is 1. The van der Waals surface area contributed by atoms with Gasteiger partial charge in [-0.2, -0.15) is 18.3 Å². The van der Waals surface area contributed by atoms with Crippen LogP contribution < -0.4 is 5.32 Å². The Labute approximate surface area is 195 Å². The minimum absolute atomic E-state index is 0.316. The molecule has 0 aliphatic heterocycles. The Morgan fingerprint density at radius 1 is 0.914 bits per heavy atom. The second-order valence-electron chi connectivity index (χ2n) is 7.59. The van der Waals surface area contributed by atoms with Gasteiger partial charge in [-0.3, -0.25) is 9.78 Å². The molecule has 2 aromatic carbocycles. The Morgan fingerprint density at radius 3 is 2.51 bits per heavy atom. The highest BCUT2D eigenvalue weighted by Crippen LogP contribution is 2.32. The van der Waals surface area contributed by atoms with Gasteiger partial charge in [-0.15, -0.1) is 0 Å². The lowest BCUT2D eigenvalue weighted by Crippen LogP contribution is -2.15. The largest absolute Gasteiger partial charge is 0.419 e. The molecule has 0 aliphatic carbocycles. The zero-order valence-electron chi connectivity index (χ0n) is 17.8. The average molecular weight is 477 g/mol. The number of pyridine rings is 1. The van der Waals surface area contributed by atoms with E-state index in [4.69, 9.17) is 0 Å². The monoisotopic (exact) mass is 477 g/mol. The first kappa shape index (κ1) is 22.2. The molecule has 0 fully saturated rings. The van der Waals surface area contributed by atoms with Crippen molar-refractivity contribution >= 4 is 17.2 Å². The molecule has 3 heterocycles. The Hall–Kier alpha value is -4.60. The van der Waals surface area contributed by atoms with Crippen LogP contribution in [0.5, 0.6) is 0 Å². The maximum Gasteiger partial charge on any atom is 0.419 e. The van der Waals surface area contributed by atoms with Crippen LogP contribution in [0.4, 0.5) is 23.2 Å². The summed E-state index contributed by atoms with van der Waals surface area (Å²) in [7, 11) is 0. The minimum atomic E-state index is -4.91. The number of hydrogen-bond donors (Lipinski definition) is 1. The predicted molar refractivity (Wildman–Crippen MR) is 121 cm³/mol. The number of halogens is 4. The van der Waals surface area contributed by atoms with Crippen LogP contribution in [0, 0.1) is 5.82 Å². The van der Waals surface area contributed by atoms with Gasteiger partial charge in [-0.25, -0.2) is 13.9 Å². The van der Waals surface area contributed by atoms with Crippen LogP contribution in [0.25, 0.3) is 28.0 Å². The highest BCUT2D eigenvalue weighted by molar-refractivity contribution is 6.04. The Balaban J connectivity index is 1.46. The SMILES string of the molecule is O=C(Nc1cccc(-c2ccnc3c(-c4cccnc4)cnn23)c1)c1ccc(F)c(C(F)(F)F)c1. The van der Waals surface area contributed by atoms with E-state index in [1.807, 2.05) is 12.1 Å². The first-order valence-electron chi connectivity index (χ1n) is 10.3. The molecule has 0 saturated heterocycles. The maximum absolute atomic E-state index is 13.6. The van der Waals surface area contributed by atoms with Crippen LogP contribution in [0.15, 0.2) is 85.5 Å². The molecule has 10 heteroatoms. The number of fused-ring (bicyclic) bond motifs is 1. The first-order chi connectivity index (χ1) is 16.8. The van der Waals surface area contributed by atoms with Gasteiger partial charge in [-0.1, -0.05) is 18.2 Å². The standard InChI is InChI=1S/C25H15F4N5O/c26-21-7-6-16(12-20(21)25(27,28)29)24(35)33-18-5-1-3-15(11-18)22-8-10-31-23-19(14-32-34(22)23)17-4-2-9-30-13-17/h1-14H,(H,33,35). The van der Waals surface area contributed by atoms with Crippen LogP contribution in [0.1, 0.15) is 15.9 Å². The Bertz CT molecular complexity index is 1550. The van der Waals surface area contributed by atoms with E-state index in [1.165, 1.54) is 0 Å². The summed E-state index contributed by atoms with van der Waals surface area (Å²) < 4.78 is 54.2. The number of nitrogens with zero attached hydrogens (tertiary/aromatic N) is 4. The maximum atomic E-state index is 13.6. The second-order valence-corrected chi connectivity index (χ2v) is 7.59. The summed E-state index contributed by atoms with van der Waals surface area (Å²) in [6.07, 6.45) is 1.78. The zero-order chi connectivity index (χ0) is 24.6. The molecule has 1 amide bonds. The van der Waals surface area contributed by atoms with Crippen molar-refractivity contribution in [2.75, 3.05) is 5.32 Å². The molecular weight excluding hydrogens is 462 g/mol. The van der Waals surface area contributed by atoms with E-state index >= 15 is 0 Å². The molecule has 0 spiro atoms. The molecule has 3 aromatic heterocycles. The van der Waals surface area contributed by atoms with Gasteiger partial charge in [0.05, 0.1) is 17.5 Å². The van der Waals surface area contributed by atoms with Crippen molar-refractivity contribution in [1.29, 1.82) is 0 Å². The fraction of sp³-hybridized carbons (Fsp3) is 0.0400. The van der Waals surface area contributed by atoms with Crippen LogP contribution in [-0.4, -0.2) is 25.5 Å². The third-order valence-electron chi connectivity index (χ3n) is 5.32. The summed E-state index contributed by atoms with van der Waals surface area (Å²) in [5, 5.41) is 7.01. The van der Waals surface area contributed by atoms with Gasteiger partial charge in [0.15, 0.2) is 5.65 Å².